The first-order chi connectivity index (χ1) is 17.1. The fourth-order valence-corrected chi connectivity index (χ4v) is 4.60. The Labute approximate surface area is 204 Å². The van der Waals surface area contributed by atoms with Gasteiger partial charge < -0.3 is 15.0 Å². The van der Waals surface area contributed by atoms with Gasteiger partial charge in [-0.1, -0.05) is 24.3 Å². The van der Waals surface area contributed by atoms with Gasteiger partial charge in [-0.2, -0.15) is 10.1 Å². The molecule has 0 unspecified atom stereocenters. The molecule has 0 saturated carbocycles. The number of aryl methyl sites for hydroxylation is 2. The number of nitrogens with zero attached hydrogens (tertiary/aromatic N) is 6. The molecule has 0 aliphatic carbocycles. The summed E-state index contributed by atoms with van der Waals surface area (Å²) in [5, 5.41) is 9.20. The van der Waals surface area contributed by atoms with Crippen LogP contribution < -0.4 is 10.2 Å². The Morgan fingerprint density at radius 2 is 1.74 bits per heavy atom. The van der Waals surface area contributed by atoms with Crippen molar-refractivity contribution in [1.82, 2.24) is 19.7 Å². The van der Waals surface area contributed by atoms with Crippen LogP contribution in [0.2, 0.25) is 0 Å². The summed E-state index contributed by atoms with van der Waals surface area (Å²) in [4.78, 5) is 16.3. The lowest BCUT2D eigenvalue weighted by atomic mass is 10.1. The van der Waals surface area contributed by atoms with Crippen molar-refractivity contribution in [3.63, 3.8) is 0 Å². The normalized spacial score (nSPS) is 15.6. The third-order valence-electron chi connectivity index (χ3n) is 6.51. The van der Waals surface area contributed by atoms with Crippen LogP contribution in [0.15, 0.2) is 59.6 Å². The highest BCUT2D eigenvalue weighted by atomic mass is 16.5. The van der Waals surface area contributed by atoms with Crippen LogP contribution in [0.3, 0.4) is 0 Å². The number of ether oxygens (including phenoxy) is 1. The van der Waals surface area contributed by atoms with E-state index in [1.807, 2.05) is 30.9 Å². The number of rotatable bonds is 5. The average molecular weight is 466 g/mol. The summed E-state index contributed by atoms with van der Waals surface area (Å²) < 4.78 is 7.46. The number of allylic oxidation sites excluding steroid dienone is 1. The minimum absolute atomic E-state index is 0.678. The summed E-state index contributed by atoms with van der Waals surface area (Å²) in [5.41, 5.74) is 7.40. The van der Waals surface area contributed by atoms with E-state index in [0.29, 0.717) is 19.2 Å². The second kappa shape index (κ2) is 8.96. The van der Waals surface area contributed by atoms with Crippen molar-refractivity contribution in [1.29, 1.82) is 0 Å². The molecule has 4 aromatic rings. The molecule has 0 radical (unpaired) electrons. The van der Waals surface area contributed by atoms with E-state index in [0.717, 1.165) is 59.0 Å². The summed E-state index contributed by atoms with van der Waals surface area (Å²) in [5.74, 6) is 1.47. The number of morpholine rings is 1. The Bertz CT molecular complexity index is 1450. The molecular formula is C27H27N7O. The SMILES string of the molecule is Cc1nn(C)c2cc(-c3cc(Nc4ccc(C5=CC=NC5)cc4)nc(N4CCOCC4)n3)ccc12. The van der Waals surface area contributed by atoms with Gasteiger partial charge in [-0.05, 0) is 42.3 Å². The van der Waals surface area contributed by atoms with E-state index < -0.39 is 0 Å². The summed E-state index contributed by atoms with van der Waals surface area (Å²) in [7, 11) is 1.97. The molecule has 2 aromatic heterocycles. The maximum Gasteiger partial charge on any atom is 0.228 e. The first-order valence-corrected chi connectivity index (χ1v) is 11.9. The van der Waals surface area contributed by atoms with E-state index in [2.05, 4.69) is 68.8 Å². The lowest BCUT2D eigenvalue weighted by molar-refractivity contribution is 0.122. The molecule has 2 aromatic carbocycles. The maximum atomic E-state index is 5.54. The van der Waals surface area contributed by atoms with Crippen LogP contribution in [0.25, 0.3) is 27.7 Å². The van der Waals surface area contributed by atoms with Crippen molar-refractivity contribution in [2.75, 3.05) is 43.1 Å². The van der Waals surface area contributed by atoms with Crippen LogP contribution in [-0.2, 0) is 11.8 Å². The van der Waals surface area contributed by atoms with E-state index in [1.165, 1.54) is 11.1 Å². The highest BCUT2D eigenvalue weighted by molar-refractivity contribution is 5.90. The summed E-state index contributed by atoms with van der Waals surface area (Å²) in [6.07, 6.45) is 3.93. The van der Waals surface area contributed by atoms with Crippen LogP contribution in [0.1, 0.15) is 11.3 Å². The monoisotopic (exact) mass is 465 g/mol. The van der Waals surface area contributed by atoms with E-state index in [4.69, 9.17) is 14.7 Å². The zero-order chi connectivity index (χ0) is 23.8. The highest BCUT2D eigenvalue weighted by Crippen LogP contribution is 2.29. The first-order valence-electron chi connectivity index (χ1n) is 11.9. The van der Waals surface area contributed by atoms with Gasteiger partial charge in [0.15, 0.2) is 0 Å². The third-order valence-corrected chi connectivity index (χ3v) is 6.51. The zero-order valence-electron chi connectivity index (χ0n) is 19.9. The van der Waals surface area contributed by atoms with Crippen LogP contribution in [0.5, 0.6) is 0 Å². The number of hydrogen-bond donors (Lipinski definition) is 1. The second-order valence-corrected chi connectivity index (χ2v) is 8.86. The molecule has 4 heterocycles. The van der Waals surface area contributed by atoms with Gasteiger partial charge in [0.1, 0.15) is 5.82 Å². The zero-order valence-corrected chi connectivity index (χ0v) is 19.9. The quantitative estimate of drug-likeness (QED) is 0.471. The highest BCUT2D eigenvalue weighted by Gasteiger charge is 2.17. The summed E-state index contributed by atoms with van der Waals surface area (Å²) >= 11 is 0. The smallest absolute Gasteiger partial charge is 0.228 e. The Balaban J connectivity index is 1.36. The third kappa shape index (κ3) is 4.28. The predicted molar refractivity (Wildman–Crippen MR) is 141 cm³/mol. The second-order valence-electron chi connectivity index (χ2n) is 8.86. The summed E-state index contributed by atoms with van der Waals surface area (Å²) in [6.45, 7) is 5.68. The van der Waals surface area contributed by atoms with E-state index in [-0.39, 0.29) is 0 Å². The molecule has 1 saturated heterocycles. The van der Waals surface area contributed by atoms with Gasteiger partial charge in [-0.25, -0.2) is 4.98 Å². The van der Waals surface area contributed by atoms with Crippen molar-refractivity contribution in [2.45, 2.75) is 6.92 Å². The number of anilines is 3. The molecule has 0 bridgehead atoms. The van der Waals surface area contributed by atoms with Crippen LogP contribution >= 0.6 is 0 Å². The van der Waals surface area contributed by atoms with Gasteiger partial charge in [-0.15, -0.1) is 0 Å². The van der Waals surface area contributed by atoms with Gasteiger partial charge in [0.25, 0.3) is 0 Å². The maximum absolute atomic E-state index is 5.54. The van der Waals surface area contributed by atoms with Gasteiger partial charge in [0, 0.05) is 49.1 Å². The predicted octanol–water partition coefficient (Wildman–Crippen LogP) is 4.39. The van der Waals surface area contributed by atoms with Crippen molar-refractivity contribution in [2.24, 2.45) is 12.0 Å². The van der Waals surface area contributed by atoms with Crippen LogP contribution in [-0.4, -0.2) is 58.8 Å². The number of nitrogens with one attached hydrogen (secondary N) is 1. The molecule has 176 valence electrons. The number of aromatic nitrogens is 4. The van der Waals surface area contributed by atoms with Crippen LogP contribution in [0.4, 0.5) is 17.5 Å². The lowest BCUT2D eigenvalue weighted by Crippen LogP contribution is -2.37. The molecule has 6 rings (SSSR count). The molecule has 35 heavy (non-hydrogen) atoms. The molecular weight excluding hydrogens is 438 g/mol. The largest absolute Gasteiger partial charge is 0.378 e. The van der Waals surface area contributed by atoms with Gasteiger partial charge >= 0.3 is 0 Å². The average Bonchev–Trinajstić information content (AvgIpc) is 3.53. The molecule has 0 amide bonds. The molecule has 0 spiro atoms. The Morgan fingerprint density at radius 1 is 0.943 bits per heavy atom. The standard InChI is InChI=1S/C27H27N7O/c1-18-23-8-5-20(15-25(23)33(2)32-18)24-16-26(31-27(30-24)34-11-13-35-14-12-34)29-22-6-3-19(4-7-22)21-9-10-28-17-21/h3-10,15-16H,11-14,17H2,1-2H3,(H,29,30,31). The number of benzene rings is 2. The molecule has 2 aliphatic rings. The van der Waals surface area contributed by atoms with Crippen molar-refractivity contribution >= 4 is 40.1 Å². The van der Waals surface area contributed by atoms with Crippen molar-refractivity contribution in [3.8, 4) is 11.3 Å². The number of aliphatic imine (C=N–C) groups is 1. The fraction of sp³-hybridized carbons (Fsp3) is 0.259. The minimum atomic E-state index is 0.678. The first kappa shape index (κ1) is 21.5. The van der Waals surface area contributed by atoms with Crippen molar-refractivity contribution < 1.29 is 4.74 Å². The Kier molecular flexibility index (Phi) is 5.50. The van der Waals surface area contributed by atoms with E-state index in [1.54, 1.807) is 0 Å². The van der Waals surface area contributed by atoms with Gasteiger partial charge in [0.05, 0.1) is 36.7 Å². The fourth-order valence-electron chi connectivity index (χ4n) is 4.60. The van der Waals surface area contributed by atoms with E-state index in [9.17, 15) is 0 Å². The molecule has 2 aliphatic heterocycles. The van der Waals surface area contributed by atoms with Gasteiger partial charge in [-0.3, -0.25) is 9.67 Å². The molecule has 1 fully saturated rings. The summed E-state index contributed by atoms with van der Waals surface area (Å²) in [6, 6.07) is 16.8. The number of fused-ring (bicyclic) bond motifs is 1. The van der Waals surface area contributed by atoms with Crippen molar-refractivity contribution in [3.05, 3.63) is 65.9 Å². The number of hydrogen-bond acceptors (Lipinski definition) is 7. The molecule has 8 heteroatoms. The Morgan fingerprint density at radius 3 is 2.51 bits per heavy atom. The van der Waals surface area contributed by atoms with Gasteiger partial charge in [0.2, 0.25) is 5.95 Å². The molecule has 0 atom stereocenters. The lowest BCUT2D eigenvalue weighted by Gasteiger charge is -2.27. The topological polar surface area (TPSA) is 80.5 Å². The Hall–Kier alpha value is -4.04. The van der Waals surface area contributed by atoms with E-state index >= 15 is 0 Å². The molecule has 1 N–H and O–H groups in total. The minimum Gasteiger partial charge on any atom is -0.378 e. The molecule has 8 nitrogen and oxygen atoms in total. The van der Waals surface area contributed by atoms with Crippen LogP contribution in [0, 0.1) is 6.92 Å².